The average molecular weight is 263 g/mol. The largest absolute Gasteiger partial charge is 0.465 e. The summed E-state index contributed by atoms with van der Waals surface area (Å²) >= 11 is 0. The number of unbranched alkanes of at least 4 members (excludes halogenated alkanes) is 2. The third-order valence-electron chi connectivity index (χ3n) is 3.22. The van der Waals surface area contributed by atoms with Gasteiger partial charge < -0.3 is 9.64 Å². The Bertz CT molecular complexity index is 365. The van der Waals surface area contributed by atoms with Crippen LogP contribution in [-0.4, -0.2) is 26.2 Å². The van der Waals surface area contributed by atoms with Crippen molar-refractivity contribution in [1.29, 1.82) is 0 Å². The molecule has 3 heteroatoms. The molecule has 106 valence electrons. The summed E-state index contributed by atoms with van der Waals surface area (Å²) in [5.41, 5.74) is 1.80. The molecule has 0 amide bonds. The summed E-state index contributed by atoms with van der Waals surface area (Å²) in [4.78, 5) is 13.8. The molecular formula is C16H25NO2. The fraction of sp³-hybridized carbons (Fsp3) is 0.562. The highest BCUT2D eigenvalue weighted by atomic mass is 16.5. The van der Waals surface area contributed by atoms with E-state index in [0.29, 0.717) is 5.56 Å². The van der Waals surface area contributed by atoms with Gasteiger partial charge in [0.05, 0.1) is 12.7 Å². The molecule has 19 heavy (non-hydrogen) atoms. The van der Waals surface area contributed by atoms with E-state index in [9.17, 15) is 4.79 Å². The lowest BCUT2D eigenvalue weighted by atomic mass is 10.1. The van der Waals surface area contributed by atoms with E-state index in [1.807, 2.05) is 24.3 Å². The highest BCUT2D eigenvalue weighted by Gasteiger charge is 2.08. The van der Waals surface area contributed by atoms with Crippen LogP contribution < -0.4 is 4.90 Å². The Morgan fingerprint density at radius 1 is 1.05 bits per heavy atom. The van der Waals surface area contributed by atoms with E-state index in [1.54, 1.807) is 0 Å². The van der Waals surface area contributed by atoms with Gasteiger partial charge in [-0.15, -0.1) is 0 Å². The predicted molar refractivity (Wildman–Crippen MR) is 79.8 cm³/mol. The number of nitrogens with zero attached hydrogens (tertiary/aromatic N) is 1. The molecule has 0 spiro atoms. The van der Waals surface area contributed by atoms with Gasteiger partial charge in [0.2, 0.25) is 0 Å². The van der Waals surface area contributed by atoms with Gasteiger partial charge in [-0.05, 0) is 37.1 Å². The summed E-state index contributed by atoms with van der Waals surface area (Å²) in [6, 6.07) is 7.70. The number of methoxy groups -OCH3 is 1. The molecule has 0 aliphatic carbocycles. The van der Waals surface area contributed by atoms with E-state index in [0.717, 1.165) is 13.1 Å². The number of carbonyl (C=O) groups is 1. The monoisotopic (exact) mass is 263 g/mol. The normalized spacial score (nSPS) is 10.3. The molecule has 1 aromatic rings. The lowest BCUT2D eigenvalue weighted by Crippen LogP contribution is -2.25. The van der Waals surface area contributed by atoms with Crippen LogP contribution in [0.2, 0.25) is 0 Å². The van der Waals surface area contributed by atoms with Gasteiger partial charge in [-0.25, -0.2) is 4.79 Å². The second kappa shape index (κ2) is 8.57. The maximum absolute atomic E-state index is 11.4. The molecule has 0 aliphatic heterocycles. The van der Waals surface area contributed by atoms with Crippen LogP contribution in [0.15, 0.2) is 24.3 Å². The van der Waals surface area contributed by atoms with Crippen LogP contribution in [0.1, 0.15) is 49.9 Å². The predicted octanol–water partition coefficient (Wildman–Crippen LogP) is 3.88. The number of esters is 1. The zero-order valence-corrected chi connectivity index (χ0v) is 12.3. The minimum Gasteiger partial charge on any atom is -0.465 e. The minimum atomic E-state index is -0.278. The fourth-order valence-electron chi connectivity index (χ4n) is 1.99. The first-order valence-corrected chi connectivity index (χ1v) is 7.16. The van der Waals surface area contributed by atoms with Crippen LogP contribution in [0.4, 0.5) is 5.69 Å². The number of benzene rings is 1. The molecule has 0 N–H and O–H groups in total. The first-order chi connectivity index (χ1) is 9.22. The molecule has 0 radical (unpaired) electrons. The maximum Gasteiger partial charge on any atom is 0.337 e. The first kappa shape index (κ1) is 15.5. The van der Waals surface area contributed by atoms with Crippen LogP contribution >= 0.6 is 0 Å². The van der Waals surface area contributed by atoms with E-state index in [-0.39, 0.29) is 5.97 Å². The highest BCUT2D eigenvalue weighted by molar-refractivity contribution is 5.89. The zero-order valence-electron chi connectivity index (χ0n) is 12.3. The quantitative estimate of drug-likeness (QED) is 0.667. The molecule has 0 aromatic heterocycles. The number of hydrogen-bond acceptors (Lipinski definition) is 3. The molecule has 1 rings (SSSR count). The lowest BCUT2D eigenvalue weighted by molar-refractivity contribution is 0.0601. The van der Waals surface area contributed by atoms with Gasteiger partial charge in [0.1, 0.15) is 0 Å². The topological polar surface area (TPSA) is 29.5 Å². The Morgan fingerprint density at radius 3 is 2.00 bits per heavy atom. The Kier molecular flexibility index (Phi) is 7.01. The van der Waals surface area contributed by atoms with Crippen LogP contribution in [-0.2, 0) is 4.74 Å². The smallest absolute Gasteiger partial charge is 0.337 e. The second-order valence-corrected chi connectivity index (χ2v) is 4.73. The Balaban J connectivity index is 2.74. The number of hydrogen-bond donors (Lipinski definition) is 0. The number of carbonyl (C=O) groups excluding carboxylic acids is 1. The van der Waals surface area contributed by atoms with Crippen molar-refractivity contribution in [1.82, 2.24) is 0 Å². The van der Waals surface area contributed by atoms with Crippen LogP contribution in [0.5, 0.6) is 0 Å². The third kappa shape index (κ3) is 4.93. The first-order valence-electron chi connectivity index (χ1n) is 7.16. The van der Waals surface area contributed by atoms with Crippen LogP contribution in [0.3, 0.4) is 0 Å². The number of ether oxygens (including phenoxy) is 1. The van der Waals surface area contributed by atoms with Crippen molar-refractivity contribution in [2.45, 2.75) is 39.5 Å². The molecule has 0 fully saturated rings. The molecule has 0 saturated heterocycles. The fourth-order valence-corrected chi connectivity index (χ4v) is 1.99. The van der Waals surface area contributed by atoms with Crippen molar-refractivity contribution in [3.63, 3.8) is 0 Å². The van der Waals surface area contributed by atoms with Crippen molar-refractivity contribution in [2.75, 3.05) is 25.1 Å². The Morgan fingerprint density at radius 2 is 1.58 bits per heavy atom. The van der Waals surface area contributed by atoms with Gasteiger partial charge in [-0.1, -0.05) is 26.7 Å². The van der Waals surface area contributed by atoms with Crippen LogP contribution in [0, 0.1) is 0 Å². The molecule has 0 atom stereocenters. The second-order valence-electron chi connectivity index (χ2n) is 4.73. The van der Waals surface area contributed by atoms with E-state index in [2.05, 4.69) is 18.7 Å². The van der Waals surface area contributed by atoms with Crippen molar-refractivity contribution >= 4 is 11.7 Å². The molecule has 0 aliphatic rings. The van der Waals surface area contributed by atoms with Gasteiger partial charge in [0.15, 0.2) is 0 Å². The number of rotatable bonds is 8. The number of anilines is 1. The summed E-state index contributed by atoms with van der Waals surface area (Å²) in [5, 5.41) is 0. The van der Waals surface area contributed by atoms with Crippen LogP contribution in [0.25, 0.3) is 0 Å². The van der Waals surface area contributed by atoms with E-state index in [4.69, 9.17) is 4.74 Å². The van der Waals surface area contributed by atoms with Gasteiger partial charge >= 0.3 is 5.97 Å². The van der Waals surface area contributed by atoms with Gasteiger partial charge in [0, 0.05) is 18.8 Å². The molecule has 1 aromatic carbocycles. The molecule has 0 heterocycles. The summed E-state index contributed by atoms with van der Waals surface area (Å²) < 4.78 is 4.71. The maximum atomic E-state index is 11.4. The molecule has 0 saturated carbocycles. The van der Waals surface area contributed by atoms with Gasteiger partial charge in [-0.3, -0.25) is 0 Å². The van der Waals surface area contributed by atoms with Crippen molar-refractivity contribution in [3.8, 4) is 0 Å². The summed E-state index contributed by atoms with van der Waals surface area (Å²) in [6.45, 7) is 6.57. The van der Waals surface area contributed by atoms with E-state index >= 15 is 0 Å². The third-order valence-corrected chi connectivity index (χ3v) is 3.22. The van der Waals surface area contributed by atoms with Crippen molar-refractivity contribution in [2.24, 2.45) is 0 Å². The lowest BCUT2D eigenvalue weighted by Gasteiger charge is -2.24. The van der Waals surface area contributed by atoms with Crippen molar-refractivity contribution < 1.29 is 9.53 Å². The van der Waals surface area contributed by atoms with Gasteiger partial charge in [-0.2, -0.15) is 0 Å². The molecular weight excluding hydrogens is 238 g/mol. The SMILES string of the molecule is CCCCN(CCCC)c1ccc(C(=O)OC)cc1. The Hall–Kier alpha value is -1.51. The van der Waals surface area contributed by atoms with Gasteiger partial charge in [0.25, 0.3) is 0 Å². The average Bonchev–Trinajstić information content (AvgIpc) is 2.47. The summed E-state index contributed by atoms with van der Waals surface area (Å²) in [5.74, 6) is -0.278. The Labute approximate surface area is 116 Å². The minimum absolute atomic E-state index is 0.278. The standard InChI is InChI=1S/C16H25NO2/c1-4-6-12-17(13-7-5-2)15-10-8-14(9-11-15)16(18)19-3/h8-11H,4-7,12-13H2,1-3H3. The summed E-state index contributed by atoms with van der Waals surface area (Å²) in [7, 11) is 1.41. The van der Waals surface area contributed by atoms with E-state index < -0.39 is 0 Å². The van der Waals surface area contributed by atoms with Crippen molar-refractivity contribution in [3.05, 3.63) is 29.8 Å². The molecule has 0 bridgehead atoms. The zero-order chi connectivity index (χ0) is 14.1. The highest BCUT2D eigenvalue weighted by Crippen LogP contribution is 2.17. The van der Waals surface area contributed by atoms with E-state index in [1.165, 1.54) is 38.5 Å². The molecule has 0 unspecified atom stereocenters. The summed E-state index contributed by atoms with van der Waals surface area (Å²) in [6.07, 6.45) is 4.79. The molecule has 3 nitrogen and oxygen atoms in total.